The van der Waals surface area contributed by atoms with Crippen molar-refractivity contribution in [3.63, 3.8) is 0 Å². The number of carbonyl (C=O) groups excluding carboxylic acids is 1. The lowest BCUT2D eigenvalue weighted by atomic mass is 10.0. The van der Waals surface area contributed by atoms with Crippen LogP contribution in [0.15, 0.2) is 24.3 Å². The summed E-state index contributed by atoms with van der Waals surface area (Å²) in [6.07, 6.45) is 0. The van der Waals surface area contributed by atoms with Crippen LogP contribution in [0.3, 0.4) is 0 Å². The molecule has 1 unspecified atom stereocenters. The van der Waals surface area contributed by atoms with Crippen LogP contribution in [0.1, 0.15) is 19.4 Å². The molecular formula is C18H25N3O3. The standard InChI is InChI=1S/C18H25N3O3/c1-14(2)17(21-7-9-23-10-8-21)12-20-18(22)13-24-16-5-3-15(11-19)4-6-16/h3-6,14,17H,7-10,12-13H2,1-2H3,(H,20,22). The molecule has 1 fully saturated rings. The van der Waals surface area contributed by atoms with Crippen molar-refractivity contribution in [3.8, 4) is 11.8 Å². The third-order valence-corrected chi connectivity index (χ3v) is 4.15. The Labute approximate surface area is 143 Å². The lowest BCUT2D eigenvalue weighted by Crippen LogP contribution is -2.51. The molecule has 0 aliphatic carbocycles. The van der Waals surface area contributed by atoms with Gasteiger partial charge >= 0.3 is 0 Å². The van der Waals surface area contributed by atoms with Gasteiger partial charge in [0.2, 0.25) is 0 Å². The lowest BCUT2D eigenvalue weighted by molar-refractivity contribution is -0.123. The zero-order valence-corrected chi connectivity index (χ0v) is 14.3. The minimum atomic E-state index is -0.140. The number of benzene rings is 1. The molecule has 1 aliphatic heterocycles. The Kier molecular flexibility index (Phi) is 7.04. The number of nitrogens with zero attached hydrogens (tertiary/aromatic N) is 2. The van der Waals surface area contributed by atoms with Gasteiger partial charge in [0.25, 0.3) is 5.91 Å². The Bertz CT molecular complexity index is 560. The van der Waals surface area contributed by atoms with Crippen LogP contribution in [-0.2, 0) is 9.53 Å². The second kappa shape index (κ2) is 9.26. The average molecular weight is 331 g/mol. The Balaban J connectivity index is 1.76. The molecule has 24 heavy (non-hydrogen) atoms. The molecule has 1 saturated heterocycles. The van der Waals surface area contributed by atoms with E-state index in [9.17, 15) is 4.79 Å². The minimum absolute atomic E-state index is 0.0279. The SMILES string of the molecule is CC(C)C(CNC(=O)COc1ccc(C#N)cc1)N1CCOCC1. The van der Waals surface area contributed by atoms with Gasteiger partial charge in [-0.05, 0) is 30.2 Å². The van der Waals surface area contributed by atoms with Gasteiger partial charge in [0.1, 0.15) is 5.75 Å². The first-order valence-corrected chi connectivity index (χ1v) is 8.31. The predicted octanol–water partition coefficient (Wildman–Crippen LogP) is 1.41. The maximum atomic E-state index is 12.0. The van der Waals surface area contributed by atoms with Gasteiger partial charge in [0, 0.05) is 25.7 Å². The molecule has 1 aromatic rings. The molecule has 0 spiro atoms. The number of hydrogen-bond donors (Lipinski definition) is 1. The molecular weight excluding hydrogens is 306 g/mol. The zero-order valence-electron chi connectivity index (χ0n) is 14.3. The Morgan fingerprint density at radius 1 is 1.33 bits per heavy atom. The first kappa shape index (κ1) is 18.2. The number of carbonyl (C=O) groups is 1. The van der Waals surface area contributed by atoms with E-state index in [1.165, 1.54) is 0 Å². The Morgan fingerprint density at radius 2 is 2.00 bits per heavy atom. The van der Waals surface area contributed by atoms with E-state index in [2.05, 4.69) is 24.1 Å². The van der Waals surface area contributed by atoms with Crippen LogP contribution in [-0.4, -0.2) is 56.3 Å². The zero-order chi connectivity index (χ0) is 17.4. The van der Waals surface area contributed by atoms with Crippen molar-refractivity contribution in [3.05, 3.63) is 29.8 Å². The van der Waals surface area contributed by atoms with Gasteiger partial charge < -0.3 is 14.8 Å². The molecule has 1 amide bonds. The number of nitriles is 1. The molecule has 0 aromatic heterocycles. The smallest absolute Gasteiger partial charge is 0.257 e. The summed E-state index contributed by atoms with van der Waals surface area (Å²) in [7, 11) is 0. The van der Waals surface area contributed by atoms with Crippen molar-refractivity contribution >= 4 is 5.91 Å². The van der Waals surface area contributed by atoms with Crippen LogP contribution >= 0.6 is 0 Å². The monoisotopic (exact) mass is 331 g/mol. The molecule has 130 valence electrons. The number of morpholine rings is 1. The van der Waals surface area contributed by atoms with Gasteiger partial charge in [-0.3, -0.25) is 9.69 Å². The average Bonchev–Trinajstić information content (AvgIpc) is 2.61. The molecule has 2 rings (SSSR count). The van der Waals surface area contributed by atoms with Gasteiger partial charge in [0.15, 0.2) is 6.61 Å². The number of ether oxygens (including phenoxy) is 2. The summed E-state index contributed by atoms with van der Waals surface area (Å²) in [5.41, 5.74) is 0.567. The van der Waals surface area contributed by atoms with Crippen LogP contribution in [0.25, 0.3) is 0 Å². The summed E-state index contributed by atoms with van der Waals surface area (Å²) in [6.45, 7) is 8.21. The summed E-state index contributed by atoms with van der Waals surface area (Å²) in [4.78, 5) is 14.4. The van der Waals surface area contributed by atoms with Crippen LogP contribution < -0.4 is 10.1 Å². The van der Waals surface area contributed by atoms with Crippen molar-refractivity contribution in [2.45, 2.75) is 19.9 Å². The van der Waals surface area contributed by atoms with Crippen LogP contribution in [0.5, 0.6) is 5.75 Å². The van der Waals surface area contributed by atoms with Crippen molar-refractivity contribution in [2.75, 3.05) is 39.5 Å². The van der Waals surface area contributed by atoms with Gasteiger partial charge in [-0.25, -0.2) is 0 Å². The van der Waals surface area contributed by atoms with E-state index in [4.69, 9.17) is 14.7 Å². The number of nitrogens with one attached hydrogen (secondary N) is 1. The van der Waals surface area contributed by atoms with E-state index in [-0.39, 0.29) is 12.5 Å². The normalized spacial score (nSPS) is 16.4. The summed E-state index contributed by atoms with van der Waals surface area (Å²) in [6, 6.07) is 9.06. The number of hydrogen-bond acceptors (Lipinski definition) is 5. The first-order chi connectivity index (χ1) is 11.6. The van der Waals surface area contributed by atoms with Gasteiger partial charge in [-0.2, -0.15) is 5.26 Å². The fraction of sp³-hybridized carbons (Fsp3) is 0.556. The molecule has 1 aromatic carbocycles. The maximum Gasteiger partial charge on any atom is 0.257 e. The van der Waals surface area contributed by atoms with E-state index >= 15 is 0 Å². The van der Waals surface area contributed by atoms with Crippen molar-refractivity contribution < 1.29 is 14.3 Å². The second-order valence-corrected chi connectivity index (χ2v) is 6.19. The van der Waals surface area contributed by atoms with Gasteiger partial charge in [-0.1, -0.05) is 13.8 Å². The summed E-state index contributed by atoms with van der Waals surface area (Å²) in [5, 5.41) is 11.7. The van der Waals surface area contributed by atoms with Crippen LogP contribution in [0.4, 0.5) is 0 Å². The van der Waals surface area contributed by atoms with E-state index in [0.29, 0.717) is 29.8 Å². The molecule has 0 bridgehead atoms. The molecule has 1 atom stereocenters. The fourth-order valence-corrected chi connectivity index (χ4v) is 2.74. The minimum Gasteiger partial charge on any atom is -0.484 e. The highest BCUT2D eigenvalue weighted by atomic mass is 16.5. The third kappa shape index (κ3) is 5.52. The van der Waals surface area contributed by atoms with Crippen molar-refractivity contribution in [1.29, 1.82) is 5.26 Å². The fourth-order valence-electron chi connectivity index (χ4n) is 2.74. The van der Waals surface area contributed by atoms with E-state index in [0.717, 1.165) is 26.3 Å². The Morgan fingerprint density at radius 3 is 2.58 bits per heavy atom. The molecule has 1 heterocycles. The second-order valence-electron chi connectivity index (χ2n) is 6.19. The molecule has 0 saturated carbocycles. The third-order valence-electron chi connectivity index (χ3n) is 4.15. The van der Waals surface area contributed by atoms with Crippen LogP contribution in [0, 0.1) is 17.2 Å². The number of rotatable bonds is 7. The molecule has 6 heteroatoms. The van der Waals surface area contributed by atoms with E-state index < -0.39 is 0 Å². The highest BCUT2D eigenvalue weighted by Gasteiger charge is 2.24. The molecule has 6 nitrogen and oxygen atoms in total. The summed E-state index contributed by atoms with van der Waals surface area (Å²) < 4.78 is 10.8. The molecule has 0 radical (unpaired) electrons. The summed E-state index contributed by atoms with van der Waals surface area (Å²) >= 11 is 0. The van der Waals surface area contributed by atoms with Crippen molar-refractivity contribution in [1.82, 2.24) is 10.2 Å². The number of amides is 1. The predicted molar refractivity (Wildman–Crippen MR) is 90.7 cm³/mol. The largest absolute Gasteiger partial charge is 0.484 e. The quantitative estimate of drug-likeness (QED) is 0.818. The summed E-state index contributed by atoms with van der Waals surface area (Å²) in [5.74, 6) is 0.888. The van der Waals surface area contributed by atoms with Crippen molar-refractivity contribution in [2.24, 2.45) is 5.92 Å². The van der Waals surface area contributed by atoms with E-state index in [1.807, 2.05) is 6.07 Å². The van der Waals surface area contributed by atoms with Gasteiger partial charge in [0.05, 0.1) is 24.8 Å². The molecule has 1 N–H and O–H groups in total. The highest BCUT2D eigenvalue weighted by Crippen LogP contribution is 2.13. The first-order valence-electron chi connectivity index (χ1n) is 8.31. The van der Waals surface area contributed by atoms with Gasteiger partial charge in [-0.15, -0.1) is 0 Å². The maximum absolute atomic E-state index is 12.0. The lowest BCUT2D eigenvalue weighted by Gasteiger charge is -2.36. The Hall–Kier alpha value is -2.10. The molecule has 1 aliphatic rings. The topological polar surface area (TPSA) is 74.6 Å². The van der Waals surface area contributed by atoms with Crippen LogP contribution in [0.2, 0.25) is 0 Å². The van der Waals surface area contributed by atoms with E-state index in [1.54, 1.807) is 24.3 Å². The highest BCUT2D eigenvalue weighted by molar-refractivity contribution is 5.77.